The van der Waals surface area contributed by atoms with Gasteiger partial charge in [0, 0.05) is 5.56 Å². The number of halogens is 2. The maximum atomic E-state index is 12.6. The van der Waals surface area contributed by atoms with Crippen LogP contribution in [0.3, 0.4) is 0 Å². The van der Waals surface area contributed by atoms with Gasteiger partial charge in [0.25, 0.3) is 6.43 Å². The molecular weight excluding hydrogens is 308 g/mol. The third-order valence-electron chi connectivity index (χ3n) is 4.02. The highest BCUT2D eigenvalue weighted by Crippen LogP contribution is 2.40. The second-order valence-corrected chi connectivity index (χ2v) is 8.45. The van der Waals surface area contributed by atoms with Crippen LogP contribution in [-0.4, -0.2) is 21.4 Å². The van der Waals surface area contributed by atoms with Crippen LogP contribution in [0.2, 0.25) is 0 Å². The molecule has 0 amide bonds. The minimum absolute atomic E-state index is 0.0894. The molecule has 0 unspecified atom stereocenters. The third-order valence-corrected chi connectivity index (χ3v) is 4.02. The molecule has 2 aromatic rings. The molecule has 0 spiro atoms. The Labute approximate surface area is 143 Å². The van der Waals surface area contributed by atoms with Crippen LogP contribution in [0, 0.1) is 6.92 Å². The molecule has 132 valence electrons. The number of rotatable bonds is 3. The standard InChI is InChI=1S/C19H27F2N3/c1-12-8-13(18(2,3)4)17(14(9-12)19(5,6)7)15-10-24(23-22-15)11-16(20)21/h8-10,16H,11H2,1-7H3. The van der Waals surface area contributed by atoms with Crippen LogP contribution in [0.25, 0.3) is 11.3 Å². The summed E-state index contributed by atoms with van der Waals surface area (Å²) in [5.74, 6) is 0. The fourth-order valence-electron chi connectivity index (χ4n) is 2.89. The van der Waals surface area contributed by atoms with Gasteiger partial charge < -0.3 is 0 Å². The van der Waals surface area contributed by atoms with E-state index in [9.17, 15) is 8.78 Å². The third kappa shape index (κ3) is 4.00. The summed E-state index contributed by atoms with van der Waals surface area (Å²) >= 11 is 0. The highest BCUT2D eigenvalue weighted by molar-refractivity contribution is 5.71. The largest absolute Gasteiger partial charge is 0.257 e. The van der Waals surface area contributed by atoms with Crippen molar-refractivity contribution in [2.75, 3.05) is 0 Å². The maximum absolute atomic E-state index is 12.6. The molecule has 1 aromatic carbocycles. The Balaban J connectivity index is 2.72. The smallest absolute Gasteiger partial charge is 0.246 e. The van der Waals surface area contributed by atoms with Gasteiger partial charge in [-0.15, -0.1) is 5.10 Å². The topological polar surface area (TPSA) is 30.7 Å². The number of nitrogens with zero attached hydrogens (tertiary/aromatic N) is 3. The molecule has 0 aliphatic heterocycles. The zero-order valence-electron chi connectivity index (χ0n) is 15.6. The van der Waals surface area contributed by atoms with E-state index in [-0.39, 0.29) is 10.8 Å². The second-order valence-electron chi connectivity index (χ2n) is 8.45. The molecule has 24 heavy (non-hydrogen) atoms. The van der Waals surface area contributed by atoms with Crippen molar-refractivity contribution < 1.29 is 8.78 Å². The fourth-order valence-corrected chi connectivity index (χ4v) is 2.89. The molecule has 0 aliphatic rings. The van der Waals surface area contributed by atoms with Crippen molar-refractivity contribution >= 4 is 0 Å². The van der Waals surface area contributed by atoms with Crippen LogP contribution in [-0.2, 0) is 17.4 Å². The van der Waals surface area contributed by atoms with E-state index in [0.717, 1.165) is 16.7 Å². The van der Waals surface area contributed by atoms with Crippen molar-refractivity contribution in [1.82, 2.24) is 15.0 Å². The Hall–Kier alpha value is -1.78. The number of aryl methyl sites for hydroxylation is 1. The molecule has 1 heterocycles. The summed E-state index contributed by atoms with van der Waals surface area (Å²) in [4.78, 5) is 0. The van der Waals surface area contributed by atoms with Gasteiger partial charge in [0.2, 0.25) is 0 Å². The van der Waals surface area contributed by atoms with Gasteiger partial charge in [-0.2, -0.15) is 0 Å². The minimum atomic E-state index is -2.44. The molecule has 0 saturated carbocycles. The Bertz CT molecular complexity index is 684. The predicted octanol–water partition coefficient (Wildman–Crippen LogP) is 5.11. The van der Waals surface area contributed by atoms with Gasteiger partial charge >= 0.3 is 0 Å². The van der Waals surface area contributed by atoms with Gasteiger partial charge in [-0.1, -0.05) is 64.5 Å². The first-order chi connectivity index (χ1) is 10.9. The van der Waals surface area contributed by atoms with Crippen molar-refractivity contribution in [3.63, 3.8) is 0 Å². The Morgan fingerprint density at radius 1 is 1.00 bits per heavy atom. The van der Waals surface area contributed by atoms with Gasteiger partial charge in [-0.3, -0.25) is 0 Å². The van der Waals surface area contributed by atoms with Crippen molar-refractivity contribution in [1.29, 1.82) is 0 Å². The molecule has 3 nitrogen and oxygen atoms in total. The number of aromatic nitrogens is 3. The summed E-state index contributed by atoms with van der Waals surface area (Å²) in [5, 5.41) is 8.09. The van der Waals surface area contributed by atoms with E-state index in [2.05, 4.69) is 70.9 Å². The van der Waals surface area contributed by atoms with Gasteiger partial charge in [-0.05, 0) is 28.9 Å². The monoisotopic (exact) mass is 335 g/mol. The van der Waals surface area contributed by atoms with Crippen molar-refractivity contribution in [2.24, 2.45) is 0 Å². The average molecular weight is 335 g/mol. The Morgan fingerprint density at radius 3 is 1.92 bits per heavy atom. The molecule has 0 saturated heterocycles. The van der Waals surface area contributed by atoms with Crippen LogP contribution in [0.5, 0.6) is 0 Å². The molecule has 0 aliphatic carbocycles. The van der Waals surface area contributed by atoms with Crippen LogP contribution in [0.15, 0.2) is 18.3 Å². The number of hydrogen-bond acceptors (Lipinski definition) is 2. The van der Waals surface area contributed by atoms with E-state index in [1.807, 2.05) is 0 Å². The number of benzene rings is 1. The lowest BCUT2D eigenvalue weighted by Gasteiger charge is -2.30. The Kier molecular flexibility index (Phi) is 4.84. The van der Waals surface area contributed by atoms with Crippen LogP contribution < -0.4 is 0 Å². The fraction of sp³-hybridized carbons (Fsp3) is 0.579. The Morgan fingerprint density at radius 2 is 1.50 bits per heavy atom. The predicted molar refractivity (Wildman–Crippen MR) is 93.6 cm³/mol. The first-order valence-corrected chi connectivity index (χ1v) is 8.24. The average Bonchev–Trinajstić information content (AvgIpc) is 2.83. The molecule has 5 heteroatoms. The van der Waals surface area contributed by atoms with Crippen LogP contribution in [0.1, 0.15) is 58.2 Å². The lowest BCUT2D eigenvalue weighted by atomic mass is 9.74. The molecular formula is C19H27F2N3. The highest BCUT2D eigenvalue weighted by atomic mass is 19.3. The number of hydrogen-bond donors (Lipinski definition) is 0. The minimum Gasteiger partial charge on any atom is -0.246 e. The summed E-state index contributed by atoms with van der Waals surface area (Å²) in [6, 6.07) is 4.33. The molecule has 0 atom stereocenters. The van der Waals surface area contributed by atoms with E-state index >= 15 is 0 Å². The van der Waals surface area contributed by atoms with Crippen molar-refractivity contribution in [2.45, 2.75) is 72.3 Å². The quantitative estimate of drug-likeness (QED) is 0.780. The van der Waals surface area contributed by atoms with E-state index in [0.29, 0.717) is 5.69 Å². The summed E-state index contributed by atoms with van der Waals surface area (Å²) in [5.41, 5.74) is 5.01. The SMILES string of the molecule is Cc1cc(C(C)(C)C)c(-c2cn(CC(F)F)nn2)c(C(C)(C)C)c1. The van der Waals surface area contributed by atoms with E-state index in [1.54, 1.807) is 6.20 Å². The van der Waals surface area contributed by atoms with Crippen molar-refractivity contribution in [3.05, 3.63) is 35.0 Å². The summed E-state index contributed by atoms with van der Waals surface area (Å²) in [6.45, 7) is 14.6. The maximum Gasteiger partial charge on any atom is 0.257 e. The van der Waals surface area contributed by atoms with Gasteiger partial charge in [0.05, 0.1) is 6.20 Å². The normalized spacial score (nSPS) is 12.9. The lowest BCUT2D eigenvalue weighted by molar-refractivity contribution is 0.121. The molecule has 0 fully saturated rings. The zero-order valence-corrected chi connectivity index (χ0v) is 15.6. The summed E-state index contributed by atoms with van der Waals surface area (Å²) < 4.78 is 26.5. The first-order valence-electron chi connectivity index (χ1n) is 8.24. The lowest BCUT2D eigenvalue weighted by Crippen LogP contribution is -2.19. The van der Waals surface area contributed by atoms with Gasteiger partial charge in [0.1, 0.15) is 12.2 Å². The van der Waals surface area contributed by atoms with Crippen LogP contribution >= 0.6 is 0 Å². The molecule has 1 aromatic heterocycles. The molecule has 0 radical (unpaired) electrons. The van der Waals surface area contributed by atoms with E-state index in [1.165, 1.54) is 10.2 Å². The number of alkyl halides is 2. The second kappa shape index (κ2) is 6.26. The molecule has 2 rings (SSSR count). The summed E-state index contributed by atoms with van der Waals surface area (Å²) in [7, 11) is 0. The van der Waals surface area contributed by atoms with Crippen LogP contribution in [0.4, 0.5) is 8.78 Å². The molecule has 0 bridgehead atoms. The zero-order chi connectivity index (χ0) is 18.3. The van der Waals surface area contributed by atoms with E-state index < -0.39 is 13.0 Å². The summed E-state index contributed by atoms with van der Waals surface area (Å²) in [6.07, 6.45) is -0.817. The van der Waals surface area contributed by atoms with Gasteiger partial charge in [-0.25, -0.2) is 13.5 Å². The van der Waals surface area contributed by atoms with Gasteiger partial charge in [0.15, 0.2) is 0 Å². The van der Waals surface area contributed by atoms with Crippen molar-refractivity contribution in [3.8, 4) is 11.3 Å². The molecule has 0 N–H and O–H groups in total. The first kappa shape index (κ1) is 18.6. The highest BCUT2D eigenvalue weighted by Gasteiger charge is 2.28. The van der Waals surface area contributed by atoms with E-state index in [4.69, 9.17) is 0 Å².